The van der Waals surface area contributed by atoms with Gasteiger partial charge in [0.1, 0.15) is 11.9 Å². The van der Waals surface area contributed by atoms with Gasteiger partial charge in [-0.1, -0.05) is 0 Å². The number of halogens is 1. The Morgan fingerprint density at radius 2 is 2.37 bits per heavy atom. The number of nitriles is 1. The number of hydrogen-bond acceptors (Lipinski definition) is 5. The smallest absolute Gasteiger partial charge is 0.252 e. The van der Waals surface area contributed by atoms with Gasteiger partial charge in [-0.05, 0) is 12.1 Å². The quantitative estimate of drug-likeness (QED) is 0.354. The Morgan fingerprint density at radius 1 is 1.63 bits per heavy atom. The zero-order chi connectivity index (χ0) is 14.0. The molecule has 1 aromatic carbocycles. The fourth-order valence-corrected chi connectivity index (χ4v) is 1.66. The van der Waals surface area contributed by atoms with Crippen molar-refractivity contribution < 1.29 is 9.18 Å². The molecule has 0 bridgehead atoms. The molecule has 0 radical (unpaired) electrons. The maximum atomic E-state index is 13.4. The molecule has 96 valence electrons. The van der Waals surface area contributed by atoms with Gasteiger partial charge in [-0.15, -0.1) is 0 Å². The average molecular weight is 260 g/mol. The molecular formula is C11H9FN6O. The Hall–Kier alpha value is -2.95. The summed E-state index contributed by atoms with van der Waals surface area (Å²) in [7, 11) is 0. The van der Waals surface area contributed by atoms with Gasteiger partial charge in [0, 0.05) is 17.7 Å². The zero-order valence-electron chi connectivity index (χ0n) is 9.62. The van der Waals surface area contributed by atoms with E-state index in [2.05, 4.69) is 15.8 Å². The number of benzene rings is 1. The van der Waals surface area contributed by atoms with Crippen molar-refractivity contribution in [3.8, 4) is 6.07 Å². The molecule has 0 aliphatic carbocycles. The number of carbonyl (C=O) groups excluding carboxylic acids is 1. The first-order valence-corrected chi connectivity index (χ1v) is 5.21. The van der Waals surface area contributed by atoms with Gasteiger partial charge in [-0.3, -0.25) is 15.6 Å². The molecule has 7 nitrogen and oxygen atoms in total. The number of hydrazone groups is 1. The number of nitrogens with one attached hydrogen (secondary N) is 3. The van der Waals surface area contributed by atoms with E-state index >= 15 is 0 Å². The molecule has 0 spiro atoms. The predicted octanol–water partition coefficient (Wildman–Crippen LogP) is 0.297. The molecule has 0 unspecified atom stereocenters. The highest BCUT2D eigenvalue weighted by Gasteiger charge is 2.23. The standard InChI is InChI=1S/C11H9FN6O/c12-5-1-6-7(4-16-11(6)19)8(2-5)17-18-9(3-13)10(14)15/h1-2,17H,4H2,(H3,14,15)(H,16,19)/b18-9+. The third kappa shape index (κ3) is 2.35. The molecule has 1 aliphatic heterocycles. The first kappa shape index (κ1) is 12.5. The monoisotopic (exact) mass is 260 g/mol. The lowest BCUT2D eigenvalue weighted by molar-refractivity contribution is 0.0965. The molecule has 0 fully saturated rings. The molecule has 5 N–H and O–H groups in total. The number of carbonyl (C=O) groups is 1. The number of nitrogens with zero attached hydrogens (tertiary/aromatic N) is 2. The number of nitrogens with two attached hydrogens (primary N) is 1. The van der Waals surface area contributed by atoms with Crippen molar-refractivity contribution in [1.29, 1.82) is 10.7 Å². The van der Waals surface area contributed by atoms with E-state index in [0.717, 1.165) is 12.1 Å². The predicted molar refractivity (Wildman–Crippen MR) is 66.2 cm³/mol. The number of fused-ring (bicyclic) bond motifs is 1. The minimum absolute atomic E-state index is 0.221. The zero-order valence-corrected chi connectivity index (χ0v) is 9.62. The van der Waals surface area contributed by atoms with Gasteiger partial charge in [0.2, 0.25) is 5.71 Å². The van der Waals surface area contributed by atoms with Gasteiger partial charge in [0.15, 0.2) is 5.84 Å². The second-order valence-corrected chi connectivity index (χ2v) is 3.76. The van der Waals surface area contributed by atoms with Crippen LogP contribution in [0.3, 0.4) is 0 Å². The topological polar surface area (TPSA) is 127 Å². The number of hydrogen-bond donors (Lipinski definition) is 4. The summed E-state index contributed by atoms with van der Waals surface area (Å²) >= 11 is 0. The number of anilines is 1. The molecule has 1 amide bonds. The number of amidine groups is 1. The van der Waals surface area contributed by atoms with Gasteiger partial charge in [-0.25, -0.2) is 4.39 Å². The van der Waals surface area contributed by atoms with Crippen LogP contribution in [0, 0.1) is 22.6 Å². The van der Waals surface area contributed by atoms with Crippen LogP contribution in [0.4, 0.5) is 10.1 Å². The second-order valence-electron chi connectivity index (χ2n) is 3.76. The van der Waals surface area contributed by atoms with E-state index in [4.69, 9.17) is 16.4 Å². The minimum Gasteiger partial charge on any atom is -0.382 e. The van der Waals surface area contributed by atoms with Crippen molar-refractivity contribution in [3.05, 3.63) is 29.1 Å². The molecule has 8 heteroatoms. The summed E-state index contributed by atoms with van der Waals surface area (Å²) in [4.78, 5) is 11.4. The van der Waals surface area contributed by atoms with Gasteiger partial charge in [-0.2, -0.15) is 10.4 Å². The first-order chi connectivity index (χ1) is 9.02. The maximum absolute atomic E-state index is 13.4. The molecular weight excluding hydrogens is 251 g/mol. The van der Waals surface area contributed by atoms with E-state index in [1.807, 2.05) is 0 Å². The van der Waals surface area contributed by atoms with Crippen molar-refractivity contribution in [1.82, 2.24) is 5.32 Å². The third-order valence-electron chi connectivity index (χ3n) is 2.53. The summed E-state index contributed by atoms with van der Waals surface area (Å²) in [6, 6.07) is 3.90. The summed E-state index contributed by atoms with van der Waals surface area (Å²) < 4.78 is 13.4. The van der Waals surface area contributed by atoms with Gasteiger partial charge >= 0.3 is 0 Å². The van der Waals surface area contributed by atoms with Crippen LogP contribution in [0.2, 0.25) is 0 Å². The lowest BCUT2D eigenvalue weighted by atomic mass is 10.1. The van der Waals surface area contributed by atoms with E-state index in [9.17, 15) is 9.18 Å². The molecule has 1 heterocycles. The summed E-state index contributed by atoms with van der Waals surface area (Å²) in [6.45, 7) is 0.244. The van der Waals surface area contributed by atoms with Gasteiger partial charge in [0.25, 0.3) is 5.91 Å². The molecule has 0 saturated carbocycles. The Balaban J connectivity index is 2.38. The second kappa shape index (κ2) is 4.73. The molecule has 0 atom stereocenters. The highest BCUT2D eigenvalue weighted by atomic mass is 19.1. The van der Waals surface area contributed by atoms with Crippen LogP contribution >= 0.6 is 0 Å². The first-order valence-electron chi connectivity index (χ1n) is 5.21. The Labute approximate surface area is 107 Å². The highest BCUT2D eigenvalue weighted by Crippen LogP contribution is 2.25. The summed E-state index contributed by atoms with van der Waals surface area (Å²) in [5, 5.41) is 21.9. The van der Waals surface area contributed by atoms with Crippen LogP contribution in [-0.4, -0.2) is 17.5 Å². The van der Waals surface area contributed by atoms with Crippen molar-refractivity contribution in [2.45, 2.75) is 6.54 Å². The fraction of sp³-hybridized carbons (Fsp3) is 0.0909. The number of rotatable bonds is 3. The van der Waals surface area contributed by atoms with Crippen LogP contribution in [0.1, 0.15) is 15.9 Å². The Kier molecular flexibility index (Phi) is 3.12. The summed E-state index contributed by atoms with van der Waals surface area (Å²) in [5.74, 6) is -1.47. The van der Waals surface area contributed by atoms with Crippen molar-refractivity contribution in [2.24, 2.45) is 10.8 Å². The molecule has 2 rings (SSSR count). The molecule has 1 aliphatic rings. The SMILES string of the molecule is N#C/C(=N\Nc1cc(F)cc2c1CNC2=O)C(=N)N. The fourth-order valence-electron chi connectivity index (χ4n) is 1.66. The third-order valence-corrected chi connectivity index (χ3v) is 2.53. The maximum Gasteiger partial charge on any atom is 0.252 e. The van der Waals surface area contributed by atoms with Crippen LogP contribution in [-0.2, 0) is 6.54 Å². The average Bonchev–Trinajstić information content (AvgIpc) is 2.71. The lowest BCUT2D eigenvalue weighted by Gasteiger charge is -2.06. The summed E-state index contributed by atoms with van der Waals surface area (Å²) in [5.41, 5.74) is 8.28. The van der Waals surface area contributed by atoms with E-state index in [0.29, 0.717) is 5.56 Å². The van der Waals surface area contributed by atoms with Crippen molar-refractivity contribution in [3.63, 3.8) is 0 Å². The van der Waals surface area contributed by atoms with Crippen LogP contribution in [0.5, 0.6) is 0 Å². The largest absolute Gasteiger partial charge is 0.382 e. The minimum atomic E-state index is -0.602. The molecule has 19 heavy (non-hydrogen) atoms. The van der Waals surface area contributed by atoms with Gasteiger partial charge < -0.3 is 11.1 Å². The van der Waals surface area contributed by atoms with Crippen LogP contribution in [0.25, 0.3) is 0 Å². The van der Waals surface area contributed by atoms with E-state index in [1.54, 1.807) is 6.07 Å². The Bertz CT molecular complexity index is 645. The van der Waals surface area contributed by atoms with Crippen molar-refractivity contribution >= 4 is 23.1 Å². The van der Waals surface area contributed by atoms with E-state index in [1.165, 1.54) is 0 Å². The van der Waals surface area contributed by atoms with Gasteiger partial charge in [0.05, 0.1) is 5.69 Å². The molecule has 0 aromatic heterocycles. The highest BCUT2D eigenvalue weighted by molar-refractivity contribution is 6.45. The van der Waals surface area contributed by atoms with E-state index < -0.39 is 11.7 Å². The molecule has 0 saturated heterocycles. The van der Waals surface area contributed by atoms with Crippen LogP contribution in [0.15, 0.2) is 17.2 Å². The van der Waals surface area contributed by atoms with Crippen LogP contribution < -0.4 is 16.5 Å². The van der Waals surface area contributed by atoms with Crippen molar-refractivity contribution in [2.75, 3.05) is 5.43 Å². The lowest BCUT2D eigenvalue weighted by Crippen LogP contribution is -2.22. The normalized spacial score (nSPS) is 13.5. The number of amides is 1. The Morgan fingerprint density at radius 3 is 3.00 bits per heavy atom. The molecule has 1 aromatic rings. The summed E-state index contributed by atoms with van der Waals surface area (Å²) in [6.07, 6.45) is 0. The van der Waals surface area contributed by atoms with E-state index in [-0.39, 0.29) is 29.4 Å².